The van der Waals surface area contributed by atoms with Gasteiger partial charge in [-0.2, -0.15) is 0 Å². The summed E-state index contributed by atoms with van der Waals surface area (Å²) in [4.78, 5) is 4.58. The third kappa shape index (κ3) is 0.190. The maximum absolute atomic E-state index is 9.54. The van der Waals surface area contributed by atoms with Gasteiger partial charge >= 0.3 is 0 Å². The average Bonchev–Trinajstić information content (AvgIpc) is 1.30. The van der Waals surface area contributed by atoms with Gasteiger partial charge in [0.2, 0.25) is 6.21 Å². The summed E-state index contributed by atoms with van der Waals surface area (Å²) in [5, 5.41) is 9.54. The first kappa shape index (κ1) is 2.50. The van der Waals surface area contributed by atoms with Crippen LogP contribution >= 0.6 is 0 Å². The molecule has 1 aliphatic rings. The van der Waals surface area contributed by atoms with E-state index in [9.17, 15) is 5.21 Å². The molecule has 0 saturated heterocycles. The van der Waals surface area contributed by atoms with Crippen molar-refractivity contribution >= 4 is 6.21 Å². The van der Waals surface area contributed by atoms with Gasteiger partial charge in [0.1, 0.15) is 6.61 Å². The van der Waals surface area contributed by atoms with Crippen LogP contribution in [0.3, 0.4) is 0 Å². The Balaban J connectivity index is 2.51. The molecular formula is C2H3NO2. The van der Waals surface area contributed by atoms with Crippen LogP contribution < -0.4 is 0 Å². The van der Waals surface area contributed by atoms with Crippen LogP contribution in [-0.4, -0.2) is 17.7 Å². The minimum atomic E-state index is 0.431. The zero-order valence-electron chi connectivity index (χ0n) is 2.55. The Hall–Kier alpha value is -0.730. The van der Waals surface area contributed by atoms with Gasteiger partial charge in [0.05, 0.1) is 0 Å². The summed E-state index contributed by atoms with van der Waals surface area (Å²) in [5.74, 6) is 0. The van der Waals surface area contributed by atoms with Gasteiger partial charge < -0.3 is 4.84 Å². The monoisotopic (exact) mass is 73.0 g/mol. The van der Waals surface area contributed by atoms with Gasteiger partial charge in [-0.15, -0.1) is 0 Å². The first-order chi connectivity index (χ1) is 2.39. The van der Waals surface area contributed by atoms with Crippen LogP contribution in [0.5, 0.6) is 0 Å². The summed E-state index contributed by atoms with van der Waals surface area (Å²) in [6, 6.07) is 0. The third-order valence-corrected chi connectivity index (χ3v) is 0.425. The van der Waals surface area contributed by atoms with Crippen molar-refractivity contribution in [2.75, 3.05) is 6.61 Å². The molecule has 5 heavy (non-hydrogen) atoms. The van der Waals surface area contributed by atoms with Gasteiger partial charge in [0.15, 0.2) is 0 Å². The van der Waals surface area contributed by atoms with E-state index in [1.807, 2.05) is 0 Å². The summed E-state index contributed by atoms with van der Waals surface area (Å²) >= 11 is 0. The van der Waals surface area contributed by atoms with Crippen LogP contribution in [0.2, 0.25) is 0 Å². The molecule has 3 nitrogen and oxygen atoms in total. The summed E-state index contributed by atoms with van der Waals surface area (Å²) in [6.45, 7) is 0.476. The number of rotatable bonds is 0. The Morgan fingerprint density at radius 1 is 2.00 bits per heavy atom. The second kappa shape index (κ2) is 0.607. The predicted molar refractivity (Wildman–Crippen MR) is 15.6 cm³/mol. The van der Waals surface area contributed by atoms with Crippen LogP contribution in [0.4, 0.5) is 0 Å². The van der Waals surface area contributed by atoms with Gasteiger partial charge in [-0.25, -0.2) is 0 Å². The molecule has 0 spiro atoms. The van der Waals surface area contributed by atoms with E-state index < -0.39 is 0 Å². The van der Waals surface area contributed by atoms with Crippen molar-refractivity contribution in [1.29, 1.82) is 0 Å². The van der Waals surface area contributed by atoms with Crippen molar-refractivity contribution in [3.05, 3.63) is 5.21 Å². The first-order valence-electron chi connectivity index (χ1n) is 1.32. The maximum Gasteiger partial charge on any atom is 0.226 e. The van der Waals surface area contributed by atoms with Crippen molar-refractivity contribution in [3.63, 3.8) is 0 Å². The van der Waals surface area contributed by atoms with Crippen LogP contribution in [0.25, 0.3) is 0 Å². The standard InChI is InChI=1S/C2H3NO2/c4-3-1-2-5-3/h1H,2H2. The molecule has 3 heteroatoms. The molecule has 0 atom stereocenters. The van der Waals surface area contributed by atoms with Crippen LogP contribution in [-0.2, 0) is 4.84 Å². The van der Waals surface area contributed by atoms with Crippen LogP contribution in [0.1, 0.15) is 0 Å². The number of nitrogens with zero attached hydrogens (tertiary/aromatic N) is 1. The van der Waals surface area contributed by atoms with E-state index in [1.165, 1.54) is 6.21 Å². The van der Waals surface area contributed by atoms with Crippen molar-refractivity contribution in [1.82, 2.24) is 0 Å². The summed E-state index contributed by atoms with van der Waals surface area (Å²) in [5.41, 5.74) is 0. The largest absolute Gasteiger partial charge is 0.393 e. The van der Waals surface area contributed by atoms with Gasteiger partial charge in [-0.1, -0.05) is 0 Å². The molecular weight excluding hydrogens is 70.0 g/mol. The molecule has 0 aromatic heterocycles. The molecule has 0 saturated carbocycles. The van der Waals surface area contributed by atoms with E-state index in [2.05, 4.69) is 4.84 Å². The Morgan fingerprint density at radius 3 is 2.40 bits per heavy atom. The highest BCUT2D eigenvalue weighted by atomic mass is 16.9. The van der Waals surface area contributed by atoms with E-state index in [-0.39, 0.29) is 0 Å². The highest BCUT2D eigenvalue weighted by Gasteiger charge is 1.98. The summed E-state index contributed by atoms with van der Waals surface area (Å²) in [7, 11) is 0. The molecule has 1 rings (SSSR count). The second-order valence-electron chi connectivity index (χ2n) is 0.764. The summed E-state index contributed by atoms with van der Waals surface area (Å²) in [6.07, 6.45) is 1.40. The van der Waals surface area contributed by atoms with Crippen molar-refractivity contribution in [2.24, 2.45) is 0 Å². The SMILES string of the molecule is [O-][N+]1=CCO1. The van der Waals surface area contributed by atoms with Crippen molar-refractivity contribution in [2.45, 2.75) is 0 Å². The quantitative estimate of drug-likeness (QED) is 0.363. The average molecular weight is 73.1 g/mol. The number of hydrogen-bond acceptors (Lipinski definition) is 2. The van der Waals surface area contributed by atoms with Gasteiger partial charge in [-0.3, -0.25) is 5.21 Å². The fourth-order valence-corrected chi connectivity index (χ4v) is 0.135. The van der Waals surface area contributed by atoms with E-state index in [0.717, 1.165) is 0 Å². The molecule has 1 aliphatic heterocycles. The molecule has 0 aromatic carbocycles. The van der Waals surface area contributed by atoms with Gasteiger partial charge in [0, 0.05) is 4.90 Å². The molecule has 0 bridgehead atoms. The fraction of sp³-hybridized carbons (Fsp3) is 0.500. The topological polar surface area (TPSA) is 35.3 Å². The Morgan fingerprint density at radius 2 is 2.40 bits per heavy atom. The van der Waals surface area contributed by atoms with Gasteiger partial charge in [-0.05, 0) is 0 Å². The Kier molecular flexibility index (Phi) is 0.304. The highest BCUT2D eigenvalue weighted by Crippen LogP contribution is 1.80. The lowest BCUT2D eigenvalue weighted by Gasteiger charge is -2.06. The number of hydrogen-bond donors (Lipinski definition) is 0. The molecule has 0 N–H and O–H groups in total. The first-order valence-corrected chi connectivity index (χ1v) is 1.32. The zero-order valence-corrected chi connectivity index (χ0v) is 2.55. The maximum atomic E-state index is 9.54. The van der Waals surface area contributed by atoms with Crippen molar-refractivity contribution in [3.8, 4) is 0 Å². The molecule has 28 valence electrons. The smallest absolute Gasteiger partial charge is 0.226 e. The highest BCUT2D eigenvalue weighted by molar-refractivity contribution is 5.54. The molecule has 0 aromatic rings. The lowest BCUT2D eigenvalue weighted by atomic mass is 10.8. The molecule has 1 heterocycles. The third-order valence-electron chi connectivity index (χ3n) is 0.425. The molecule has 0 fully saturated rings. The second-order valence-corrected chi connectivity index (χ2v) is 0.764. The van der Waals surface area contributed by atoms with Crippen LogP contribution in [0, 0.1) is 5.21 Å². The van der Waals surface area contributed by atoms with E-state index in [0.29, 0.717) is 11.5 Å². The molecule has 0 radical (unpaired) electrons. The zero-order chi connectivity index (χ0) is 3.70. The molecule has 0 amide bonds. The van der Waals surface area contributed by atoms with E-state index >= 15 is 0 Å². The molecule has 0 unspecified atom stereocenters. The van der Waals surface area contributed by atoms with Crippen LogP contribution in [0.15, 0.2) is 0 Å². The van der Waals surface area contributed by atoms with Crippen molar-refractivity contribution < 1.29 is 9.74 Å². The van der Waals surface area contributed by atoms with Gasteiger partial charge in [0.25, 0.3) is 0 Å². The molecule has 0 aliphatic carbocycles. The Bertz CT molecular complexity index is 68.0. The van der Waals surface area contributed by atoms with E-state index in [4.69, 9.17) is 0 Å². The minimum Gasteiger partial charge on any atom is -0.393 e. The lowest BCUT2D eigenvalue weighted by Crippen LogP contribution is -2.20. The summed E-state index contributed by atoms with van der Waals surface area (Å²) < 4.78 is 0. The fourth-order valence-electron chi connectivity index (χ4n) is 0.135. The van der Waals surface area contributed by atoms with E-state index in [1.54, 1.807) is 0 Å². The lowest BCUT2D eigenvalue weighted by molar-refractivity contribution is -0.765. The Labute approximate surface area is 29.0 Å². The predicted octanol–water partition coefficient (Wildman–Crippen LogP) is -0.487. The normalized spacial score (nSPS) is 18.8. The minimum absolute atomic E-state index is 0.431.